The van der Waals surface area contributed by atoms with Gasteiger partial charge in [0.05, 0.1) is 39.5 Å². The average Bonchev–Trinajstić information content (AvgIpc) is 3.30. The summed E-state index contributed by atoms with van der Waals surface area (Å²) in [4.78, 5) is 4.75. The van der Waals surface area contributed by atoms with Gasteiger partial charge in [-0.05, 0) is 48.5 Å². The minimum absolute atomic E-state index is 0.425. The number of hydrogen-bond acceptors (Lipinski definition) is 6. The van der Waals surface area contributed by atoms with E-state index in [0.29, 0.717) is 29.4 Å². The second-order valence-corrected chi connectivity index (χ2v) is 6.32. The SMILES string of the molecule is COc1ccc2oc(-c3ccc(OC)c(OC)c3)cc(=NCc3ccco3)c2c1. The molecule has 0 radical (unpaired) electrons. The molecule has 2 aromatic carbocycles. The molecule has 0 bridgehead atoms. The number of rotatable bonds is 6. The molecule has 0 N–H and O–H groups in total. The van der Waals surface area contributed by atoms with Gasteiger partial charge >= 0.3 is 0 Å². The number of furan rings is 1. The molecular formula is C23H21NO5. The first-order valence-corrected chi connectivity index (χ1v) is 9.09. The molecular weight excluding hydrogens is 370 g/mol. The fourth-order valence-electron chi connectivity index (χ4n) is 3.10. The Morgan fingerprint density at radius 2 is 1.72 bits per heavy atom. The van der Waals surface area contributed by atoms with Crippen molar-refractivity contribution >= 4 is 11.0 Å². The molecule has 0 saturated carbocycles. The number of fused-ring (bicyclic) bond motifs is 1. The number of hydrogen-bond donors (Lipinski definition) is 0. The van der Waals surface area contributed by atoms with Crippen molar-refractivity contribution in [2.45, 2.75) is 6.54 Å². The van der Waals surface area contributed by atoms with E-state index < -0.39 is 0 Å². The number of nitrogens with zero attached hydrogens (tertiary/aromatic N) is 1. The van der Waals surface area contributed by atoms with Crippen molar-refractivity contribution in [3.05, 3.63) is 72.0 Å². The summed E-state index contributed by atoms with van der Waals surface area (Å²) in [5.41, 5.74) is 1.56. The van der Waals surface area contributed by atoms with Crippen LogP contribution in [-0.2, 0) is 6.54 Å². The minimum atomic E-state index is 0.425. The van der Waals surface area contributed by atoms with E-state index >= 15 is 0 Å². The van der Waals surface area contributed by atoms with Crippen LogP contribution in [0.4, 0.5) is 0 Å². The van der Waals surface area contributed by atoms with E-state index in [-0.39, 0.29) is 0 Å². The van der Waals surface area contributed by atoms with Crippen LogP contribution in [0.2, 0.25) is 0 Å². The molecule has 2 heterocycles. The van der Waals surface area contributed by atoms with E-state index in [2.05, 4.69) is 0 Å². The number of benzene rings is 2. The summed E-state index contributed by atoms with van der Waals surface area (Å²) in [5, 5.41) is 1.64. The van der Waals surface area contributed by atoms with Crippen molar-refractivity contribution in [2.24, 2.45) is 4.99 Å². The fourth-order valence-corrected chi connectivity index (χ4v) is 3.10. The molecule has 0 unspecified atom stereocenters. The molecule has 6 heteroatoms. The summed E-state index contributed by atoms with van der Waals surface area (Å²) < 4.78 is 27.7. The first-order chi connectivity index (χ1) is 14.2. The molecule has 0 saturated heterocycles. The Labute approximate surface area is 168 Å². The maximum Gasteiger partial charge on any atom is 0.161 e. The monoisotopic (exact) mass is 391 g/mol. The van der Waals surface area contributed by atoms with Crippen LogP contribution < -0.4 is 19.6 Å². The molecule has 4 rings (SSSR count). The summed E-state index contributed by atoms with van der Waals surface area (Å²) in [7, 11) is 4.85. The highest BCUT2D eigenvalue weighted by Gasteiger charge is 2.11. The molecule has 6 nitrogen and oxygen atoms in total. The maximum absolute atomic E-state index is 6.16. The third-order valence-electron chi connectivity index (χ3n) is 4.60. The predicted octanol–water partition coefficient (Wildman–Crippen LogP) is 4.82. The molecule has 0 fully saturated rings. The highest BCUT2D eigenvalue weighted by molar-refractivity contribution is 5.80. The highest BCUT2D eigenvalue weighted by Crippen LogP contribution is 2.33. The zero-order valence-corrected chi connectivity index (χ0v) is 16.5. The molecule has 0 aliphatic carbocycles. The molecule has 148 valence electrons. The average molecular weight is 391 g/mol. The normalized spacial score (nSPS) is 11.6. The van der Waals surface area contributed by atoms with E-state index in [1.807, 2.05) is 54.6 Å². The second kappa shape index (κ2) is 8.14. The third-order valence-corrected chi connectivity index (χ3v) is 4.60. The summed E-state index contributed by atoms with van der Waals surface area (Å²) >= 11 is 0. The predicted molar refractivity (Wildman–Crippen MR) is 109 cm³/mol. The molecule has 4 aromatic rings. The highest BCUT2D eigenvalue weighted by atomic mass is 16.5. The largest absolute Gasteiger partial charge is 0.497 e. The van der Waals surface area contributed by atoms with Crippen LogP contribution in [-0.4, -0.2) is 21.3 Å². The van der Waals surface area contributed by atoms with Gasteiger partial charge in [-0.2, -0.15) is 0 Å². The van der Waals surface area contributed by atoms with Gasteiger partial charge in [0, 0.05) is 17.0 Å². The van der Waals surface area contributed by atoms with E-state index in [0.717, 1.165) is 27.8 Å². The van der Waals surface area contributed by atoms with Gasteiger partial charge in [-0.25, -0.2) is 0 Å². The molecule has 29 heavy (non-hydrogen) atoms. The number of methoxy groups -OCH3 is 3. The van der Waals surface area contributed by atoms with Gasteiger partial charge in [0.2, 0.25) is 0 Å². The van der Waals surface area contributed by atoms with E-state index in [4.69, 9.17) is 28.0 Å². The van der Waals surface area contributed by atoms with E-state index in [1.54, 1.807) is 27.6 Å². The van der Waals surface area contributed by atoms with Gasteiger partial charge in [0.25, 0.3) is 0 Å². The van der Waals surface area contributed by atoms with Gasteiger partial charge in [0.1, 0.15) is 22.9 Å². The van der Waals surface area contributed by atoms with Crippen LogP contribution in [0, 0.1) is 0 Å². The van der Waals surface area contributed by atoms with Crippen LogP contribution in [0.15, 0.2) is 74.7 Å². The van der Waals surface area contributed by atoms with E-state index in [1.165, 1.54) is 0 Å². The smallest absolute Gasteiger partial charge is 0.161 e. The van der Waals surface area contributed by atoms with Crippen molar-refractivity contribution in [3.63, 3.8) is 0 Å². The van der Waals surface area contributed by atoms with Gasteiger partial charge in [-0.15, -0.1) is 0 Å². The Hall–Kier alpha value is -3.67. The third kappa shape index (κ3) is 3.82. The van der Waals surface area contributed by atoms with Crippen LogP contribution >= 0.6 is 0 Å². The van der Waals surface area contributed by atoms with Gasteiger partial charge in [-0.3, -0.25) is 4.99 Å². The first-order valence-electron chi connectivity index (χ1n) is 9.09. The Bertz CT molecular complexity index is 1190. The number of ether oxygens (including phenoxy) is 3. The summed E-state index contributed by atoms with van der Waals surface area (Å²) in [6.07, 6.45) is 1.64. The van der Waals surface area contributed by atoms with Crippen LogP contribution in [0.3, 0.4) is 0 Å². The quantitative estimate of drug-likeness (QED) is 0.471. The first kappa shape index (κ1) is 18.7. The topological polar surface area (TPSA) is 66.3 Å². The lowest BCUT2D eigenvalue weighted by Gasteiger charge is -2.10. The fraction of sp³-hybridized carbons (Fsp3) is 0.174. The molecule has 0 aliphatic heterocycles. The van der Waals surface area contributed by atoms with E-state index in [9.17, 15) is 0 Å². The standard InChI is InChI=1S/C23H21NO5/c1-25-16-7-9-20-18(12-16)19(24-14-17-5-4-10-28-17)13-22(29-20)15-6-8-21(26-2)23(11-15)27-3/h4-13H,14H2,1-3H3. The Morgan fingerprint density at radius 3 is 2.45 bits per heavy atom. The Kier molecular flexibility index (Phi) is 5.24. The lowest BCUT2D eigenvalue weighted by Crippen LogP contribution is -2.05. The maximum atomic E-state index is 6.16. The van der Waals surface area contributed by atoms with Crippen molar-refractivity contribution < 1.29 is 23.0 Å². The van der Waals surface area contributed by atoms with Crippen LogP contribution in [0.25, 0.3) is 22.3 Å². The van der Waals surface area contributed by atoms with Gasteiger partial charge in [-0.1, -0.05) is 0 Å². The Morgan fingerprint density at radius 1 is 0.862 bits per heavy atom. The van der Waals surface area contributed by atoms with Gasteiger partial charge < -0.3 is 23.0 Å². The van der Waals surface area contributed by atoms with Crippen molar-refractivity contribution in [2.75, 3.05) is 21.3 Å². The summed E-state index contributed by atoms with van der Waals surface area (Å²) in [6.45, 7) is 0.425. The second-order valence-electron chi connectivity index (χ2n) is 6.32. The van der Waals surface area contributed by atoms with Crippen molar-refractivity contribution in [3.8, 4) is 28.6 Å². The Balaban J connectivity index is 1.88. The summed E-state index contributed by atoms with van der Waals surface area (Å²) in [6, 6.07) is 17.0. The zero-order chi connectivity index (χ0) is 20.2. The molecule has 0 atom stereocenters. The lowest BCUT2D eigenvalue weighted by atomic mass is 10.1. The van der Waals surface area contributed by atoms with Crippen molar-refractivity contribution in [1.29, 1.82) is 0 Å². The molecule has 0 aliphatic rings. The van der Waals surface area contributed by atoms with Crippen LogP contribution in [0.5, 0.6) is 17.2 Å². The molecule has 2 aromatic heterocycles. The molecule has 0 spiro atoms. The van der Waals surface area contributed by atoms with Crippen LogP contribution in [0.1, 0.15) is 5.76 Å². The summed E-state index contributed by atoms with van der Waals surface area (Å²) in [5.74, 6) is 3.48. The van der Waals surface area contributed by atoms with Crippen molar-refractivity contribution in [1.82, 2.24) is 0 Å². The van der Waals surface area contributed by atoms with Gasteiger partial charge in [0.15, 0.2) is 11.5 Å². The zero-order valence-electron chi connectivity index (χ0n) is 16.5. The lowest BCUT2D eigenvalue weighted by molar-refractivity contribution is 0.355. The minimum Gasteiger partial charge on any atom is -0.497 e. The molecule has 0 amide bonds.